The van der Waals surface area contributed by atoms with Crippen LogP contribution >= 0.6 is 0 Å². The third-order valence-corrected chi connectivity index (χ3v) is 2.28. The molecule has 0 spiro atoms. The summed E-state index contributed by atoms with van der Waals surface area (Å²) in [6.07, 6.45) is 0. The molecule has 0 radical (unpaired) electrons. The molecule has 7 nitrogen and oxygen atoms in total. The Morgan fingerprint density at radius 1 is 1.37 bits per heavy atom. The van der Waals surface area contributed by atoms with Crippen molar-refractivity contribution in [1.29, 1.82) is 0 Å². The summed E-state index contributed by atoms with van der Waals surface area (Å²) in [7, 11) is 1.54. The Morgan fingerprint density at radius 3 is 2.74 bits per heavy atom. The Kier molecular flexibility index (Phi) is 3.97. The number of nitrogens with zero attached hydrogens (tertiary/aromatic N) is 2. The Morgan fingerprint density at radius 2 is 2.11 bits per heavy atom. The number of ether oxygens (including phenoxy) is 2. The van der Waals surface area contributed by atoms with E-state index in [0.29, 0.717) is 17.3 Å². The highest BCUT2D eigenvalue weighted by atomic mass is 16.5. The normalized spacial score (nSPS) is 10.0. The van der Waals surface area contributed by atoms with Crippen molar-refractivity contribution in [2.75, 3.05) is 19.0 Å². The summed E-state index contributed by atoms with van der Waals surface area (Å²) in [5, 5.41) is 8.94. The number of carbonyl (C=O) groups is 1. The van der Waals surface area contributed by atoms with Crippen molar-refractivity contribution in [2.45, 2.75) is 6.92 Å². The fourth-order valence-electron chi connectivity index (χ4n) is 1.44. The standard InChI is InChI=1S/C12H14N4O3/c1-8-13-12(16-15-8)14-11(17)7-19-10-6-4-3-5-9(10)18-2/h3-6H,7H2,1-2H3,(H2,13,14,15,16,17). The molecule has 2 N–H and O–H groups in total. The van der Waals surface area contributed by atoms with Crippen molar-refractivity contribution in [3.8, 4) is 11.5 Å². The maximum Gasteiger partial charge on any atom is 0.264 e. The second-order valence-electron chi connectivity index (χ2n) is 3.73. The van der Waals surface area contributed by atoms with Gasteiger partial charge in [0, 0.05) is 0 Å². The molecule has 0 aliphatic heterocycles. The summed E-state index contributed by atoms with van der Waals surface area (Å²) >= 11 is 0. The van der Waals surface area contributed by atoms with E-state index in [1.165, 1.54) is 0 Å². The van der Waals surface area contributed by atoms with Gasteiger partial charge in [-0.25, -0.2) is 0 Å². The van der Waals surface area contributed by atoms with Crippen LogP contribution in [0.4, 0.5) is 5.95 Å². The van der Waals surface area contributed by atoms with Crippen LogP contribution in [0.1, 0.15) is 5.82 Å². The lowest BCUT2D eigenvalue weighted by molar-refractivity contribution is -0.118. The minimum atomic E-state index is -0.343. The molecule has 100 valence electrons. The number of rotatable bonds is 5. The number of methoxy groups -OCH3 is 1. The van der Waals surface area contributed by atoms with Crippen LogP contribution in [-0.2, 0) is 4.79 Å². The number of hydrogen-bond donors (Lipinski definition) is 2. The predicted molar refractivity (Wildman–Crippen MR) is 68.2 cm³/mol. The smallest absolute Gasteiger partial charge is 0.264 e. The van der Waals surface area contributed by atoms with E-state index in [0.717, 1.165) is 0 Å². The molecule has 1 amide bonds. The third kappa shape index (κ3) is 3.44. The van der Waals surface area contributed by atoms with Crippen LogP contribution < -0.4 is 14.8 Å². The van der Waals surface area contributed by atoms with E-state index < -0.39 is 0 Å². The molecule has 0 bridgehead atoms. The molecule has 1 heterocycles. The molecule has 0 saturated heterocycles. The van der Waals surface area contributed by atoms with Crippen molar-refractivity contribution in [3.05, 3.63) is 30.1 Å². The molecule has 7 heteroatoms. The van der Waals surface area contributed by atoms with Crippen molar-refractivity contribution in [2.24, 2.45) is 0 Å². The first-order valence-corrected chi connectivity index (χ1v) is 5.63. The van der Waals surface area contributed by atoms with Crippen LogP contribution in [0.3, 0.4) is 0 Å². The molecule has 0 saturated carbocycles. The van der Waals surface area contributed by atoms with E-state index in [9.17, 15) is 4.79 Å². The highest BCUT2D eigenvalue weighted by molar-refractivity contribution is 5.90. The first-order chi connectivity index (χ1) is 9.19. The molecule has 1 aromatic carbocycles. The number of nitrogens with one attached hydrogen (secondary N) is 2. The van der Waals surface area contributed by atoms with Gasteiger partial charge in [-0.3, -0.25) is 15.2 Å². The molecule has 2 rings (SSSR count). The molecule has 19 heavy (non-hydrogen) atoms. The second-order valence-corrected chi connectivity index (χ2v) is 3.73. The number of H-pyrrole nitrogens is 1. The van der Waals surface area contributed by atoms with E-state index in [1.54, 1.807) is 32.2 Å². The van der Waals surface area contributed by atoms with Crippen molar-refractivity contribution < 1.29 is 14.3 Å². The number of benzene rings is 1. The maximum absolute atomic E-state index is 11.6. The fourth-order valence-corrected chi connectivity index (χ4v) is 1.44. The lowest BCUT2D eigenvalue weighted by atomic mass is 10.3. The van der Waals surface area contributed by atoms with Gasteiger partial charge in [0.25, 0.3) is 5.91 Å². The van der Waals surface area contributed by atoms with Crippen molar-refractivity contribution in [3.63, 3.8) is 0 Å². The number of amides is 1. The number of aromatic nitrogens is 3. The lowest BCUT2D eigenvalue weighted by Crippen LogP contribution is -2.21. The average molecular weight is 262 g/mol. The first kappa shape index (κ1) is 12.9. The quantitative estimate of drug-likeness (QED) is 0.843. The average Bonchev–Trinajstić information content (AvgIpc) is 2.82. The van der Waals surface area contributed by atoms with E-state index in [-0.39, 0.29) is 18.5 Å². The summed E-state index contributed by atoms with van der Waals surface area (Å²) in [5.41, 5.74) is 0. The number of para-hydroxylation sites is 2. The Labute approximate surface area is 110 Å². The summed E-state index contributed by atoms with van der Waals surface area (Å²) in [5.74, 6) is 1.59. The van der Waals surface area contributed by atoms with Crippen LogP contribution in [0.5, 0.6) is 11.5 Å². The fraction of sp³-hybridized carbons (Fsp3) is 0.250. The van der Waals surface area contributed by atoms with Crippen LogP contribution in [0.25, 0.3) is 0 Å². The topological polar surface area (TPSA) is 89.1 Å². The number of aromatic amines is 1. The molecule has 0 aliphatic rings. The highest BCUT2D eigenvalue weighted by Gasteiger charge is 2.09. The number of anilines is 1. The van der Waals surface area contributed by atoms with Crippen LogP contribution in [-0.4, -0.2) is 34.8 Å². The summed E-state index contributed by atoms with van der Waals surface area (Å²) in [6.45, 7) is 1.60. The summed E-state index contributed by atoms with van der Waals surface area (Å²) in [4.78, 5) is 15.6. The molecule has 0 aliphatic carbocycles. The minimum Gasteiger partial charge on any atom is -0.493 e. The number of carbonyl (C=O) groups excluding carboxylic acids is 1. The first-order valence-electron chi connectivity index (χ1n) is 5.63. The minimum absolute atomic E-state index is 0.145. The van der Waals surface area contributed by atoms with Gasteiger partial charge in [-0.05, 0) is 19.1 Å². The van der Waals surface area contributed by atoms with Gasteiger partial charge in [-0.2, -0.15) is 4.98 Å². The highest BCUT2D eigenvalue weighted by Crippen LogP contribution is 2.25. The molecular formula is C12H14N4O3. The largest absolute Gasteiger partial charge is 0.493 e. The lowest BCUT2D eigenvalue weighted by Gasteiger charge is -2.09. The maximum atomic E-state index is 11.6. The molecule has 1 aromatic heterocycles. The zero-order valence-electron chi connectivity index (χ0n) is 10.6. The van der Waals surface area contributed by atoms with Gasteiger partial charge < -0.3 is 9.47 Å². The molecule has 2 aromatic rings. The second kappa shape index (κ2) is 5.85. The number of aryl methyl sites for hydroxylation is 1. The molecule has 0 unspecified atom stereocenters. The van der Waals surface area contributed by atoms with Crippen LogP contribution in [0.2, 0.25) is 0 Å². The summed E-state index contributed by atoms with van der Waals surface area (Å²) < 4.78 is 10.5. The summed E-state index contributed by atoms with van der Waals surface area (Å²) in [6, 6.07) is 7.10. The zero-order valence-corrected chi connectivity index (χ0v) is 10.6. The Hall–Kier alpha value is -2.57. The zero-order chi connectivity index (χ0) is 13.7. The van der Waals surface area contributed by atoms with E-state index in [1.807, 2.05) is 6.07 Å². The molecular weight excluding hydrogens is 248 g/mol. The Balaban J connectivity index is 1.89. The molecule has 0 atom stereocenters. The van der Waals surface area contributed by atoms with Gasteiger partial charge in [0.2, 0.25) is 5.95 Å². The van der Waals surface area contributed by atoms with Gasteiger partial charge >= 0.3 is 0 Å². The van der Waals surface area contributed by atoms with Gasteiger partial charge in [0.15, 0.2) is 18.1 Å². The van der Waals surface area contributed by atoms with E-state index in [4.69, 9.17) is 9.47 Å². The van der Waals surface area contributed by atoms with Crippen molar-refractivity contribution >= 4 is 11.9 Å². The predicted octanol–water partition coefficient (Wildman–Crippen LogP) is 1.14. The van der Waals surface area contributed by atoms with Gasteiger partial charge in [-0.1, -0.05) is 12.1 Å². The Bertz CT molecular complexity index is 568. The van der Waals surface area contributed by atoms with Gasteiger partial charge in [0.1, 0.15) is 5.82 Å². The van der Waals surface area contributed by atoms with E-state index >= 15 is 0 Å². The van der Waals surface area contributed by atoms with E-state index in [2.05, 4.69) is 20.5 Å². The third-order valence-electron chi connectivity index (χ3n) is 2.28. The number of hydrogen-bond acceptors (Lipinski definition) is 5. The SMILES string of the molecule is COc1ccccc1OCC(=O)Nc1n[nH]c(C)n1. The van der Waals surface area contributed by atoms with Crippen molar-refractivity contribution in [1.82, 2.24) is 15.2 Å². The van der Waals surface area contributed by atoms with Crippen LogP contribution in [0, 0.1) is 6.92 Å². The van der Waals surface area contributed by atoms with Crippen LogP contribution in [0.15, 0.2) is 24.3 Å². The molecule has 0 fully saturated rings. The van der Waals surface area contributed by atoms with Gasteiger partial charge in [0.05, 0.1) is 7.11 Å². The monoisotopic (exact) mass is 262 g/mol. The van der Waals surface area contributed by atoms with Gasteiger partial charge in [-0.15, -0.1) is 5.10 Å².